The molecule has 0 bridgehead atoms. The Hall–Kier alpha value is -1.01. The molecule has 1 aliphatic heterocycles. The van der Waals surface area contributed by atoms with Gasteiger partial charge in [0.2, 0.25) is 8.32 Å². The Kier molecular flexibility index (Phi) is 5.50. The molecular formula is C29H42O4Si. The van der Waals surface area contributed by atoms with E-state index in [1.165, 1.54) is 11.6 Å². The zero-order valence-electron chi connectivity index (χ0n) is 21.5. The minimum atomic E-state index is -2.10. The molecule has 4 aliphatic carbocycles. The lowest BCUT2D eigenvalue weighted by atomic mass is 9.44. The zero-order chi connectivity index (χ0) is 23.8. The molecule has 5 fully saturated rings. The molecule has 1 saturated heterocycles. The van der Waals surface area contributed by atoms with Crippen molar-refractivity contribution < 1.29 is 18.7 Å². The van der Waals surface area contributed by atoms with Gasteiger partial charge in [-0.2, -0.15) is 0 Å². The van der Waals surface area contributed by atoms with Crippen LogP contribution in [-0.2, 0) is 18.7 Å². The smallest absolute Gasteiger partial charge is 0.218 e. The summed E-state index contributed by atoms with van der Waals surface area (Å²) in [6.45, 7) is 11.0. The summed E-state index contributed by atoms with van der Waals surface area (Å²) in [6.07, 6.45) is 8.53. The third-order valence-corrected chi connectivity index (χ3v) is 13.7. The fraction of sp³-hybridized carbons (Fsp3) is 0.759. The van der Waals surface area contributed by atoms with E-state index in [1.807, 2.05) is 0 Å². The molecule has 6 rings (SSSR count). The fourth-order valence-corrected chi connectivity index (χ4v) is 11.3. The van der Waals surface area contributed by atoms with Gasteiger partial charge in [-0.3, -0.25) is 4.79 Å². The Morgan fingerprint density at radius 1 is 0.941 bits per heavy atom. The minimum Gasteiger partial charge on any atom is -0.410 e. The highest BCUT2D eigenvalue weighted by molar-refractivity contribution is 6.84. The van der Waals surface area contributed by atoms with E-state index in [-0.39, 0.29) is 16.9 Å². The maximum atomic E-state index is 13.0. The summed E-state index contributed by atoms with van der Waals surface area (Å²) in [5, 5.41) is 1.36. The van der Waals surface area contributed by atoms with Crippen LogP contribution in [0.5, 0.6) is 0 Å². The van der Waals surface area contributed by atoms with Crippen molar-refractivity contribution in [1.82, 2.24) is 0 Å². The van der Waals surface area contributed by atoms with Crippen LogP contribution in [0.2, 0.25) is 13.1 Å². The van der Waals surface area contributed by atoms with E-state index in [4.69, 9.17) is 13.9 Å². The summed E-state index contributed by atoms with van der Waals surface area (Å²) >= 11 is 0. The number of carbonyl (C=O) groups is 1. The lowest BCUT2D eigenvalue weighted by Gasteiger charge is -2.63. The second-order valence-electron chi connectivity index (χ2n) is 13.0. The van der Waals surface area contributed by atoms with Gasteiger partial charge in [0.1, 0.15) is 5.78 Å². The molecule has 1 spiro atoms. The van der Waals surface area contributed by atoms with Crippen LogP contribution in [0.25, 0.3) is 0 Å². The molecule has 0 unspecified atom stereocenters. The van der Waals surface area contributed by atoms with E-state index in [2.05, 4.69) is 57.3 Å². The average Bonchev–Trinajstić information content (AvgIpc) is 3.40. The first-order valence-corrected chi connectivity index (χ1v) is 16.6. The maximum Gasteiger partial charge on any atom is 0.218 e. The number of rotatable bonds is 3. The third-order valence-electron chi connectivity index (χ3n) is 11.1. The molecule has 0 amide bonds. The summed E-state index contributed by atoms with van der Waals surface area (Å²) in [5.41, 5.74) is 0.122. The molecule has 34 heavy (non-hydrogen) atoms. The monoisotopic (exact) mass is 482 g/mol. The number of hydrogen-bond donors (Lipinski definition) is 0. The summed E-state index contributed by atoms with van der Waals surface area (Å²) < 4.78 is 19.8. The van der Waals surface area contributed by atoms with Gasteiger partial charge in [-0.1, -0.05) is 44.2 Å². The normalized spacial score (nSPS) is 43.4. The zero-order valence-corrected chi connectivity index (χ0v) is 22.5. The van der Waals surface area contributed by atoms with Gasteiger partial charge in [-0.25, -0.2) is 0 Å². The van der Waals surface area contributed by atoms with E-state index in [9.17, 15) is 4.79 Å². The molecule has 7 atom stereocenters. The van der Waals surface area contributed by atoms with Gasteiger partial charge >= 0.3 is 0 Å². The van der Waals surface area contributed by atoms with Crippen LogP contribution in [0.4, 0.5) is 0 Å². The Labute approximate surface area is 206 Å². The second-order valence-corrected chi connectivity index (χ2v) is 16.8. The van der Waals surface area contributed by atoms with E-state index < -0.39 is 14.1 Å². The first kappa shape index (κ1) is 23.4. The van der Waals surface area contributed by atoms with Gasteiger partial charge in [-0.05, 0) is 79.5 Å². The summed E-state index contributed by atoms with van der Waals surface area (Å²) in [4.78, 5) is 13.0. The van der Waals surface area contributed by atoms with Gasteiger partial charge in [-0.15, -0.1) is 0 Å². The van der Waals surface area contributed by atoms with Crippen LogP contribution in [0.3, 0.4) is 0 Å². The van der Waals surface area contributed by atoms with Gasteiger partial charge in [0.25, 0.3) is 0 Å². The molecule has 5 heteroatoms. The molecule has 0 aromatic heterocycles. The van der Waals surface area contributed by atoms with Crippen molar-refractivity contribution in [2.75, 3.05) is 13.2 Å². The predicted octanol–water partition coefficient (Wildman–Crippen LogP) is 5.45. The molecule has 1 heterocycles. The first-order chi connectivity index (χ1) is 16.2. The standard InChI is InChI=1S/C29H42O4Si/c1-27-14-15-29(31-16-17-32-29)19-24(27)25(33-34(3,4)20-8-6-5-7-9-20)18-21-22-10-11-26(30)28(22,2)13-12-23(21)27/h5-9,21-25H,10-19H2,1-4H3/t21-,22-,23-,24-,25+,27+,28+/m0/s1. The second kappa shape index (κ2) is 7.99. The molecule has 0 radical (unpaired) electrons. The first-order valence-electron chi connectivity index (χ1n) is 13.7. The molecule has 4 saturated carbocycles. The highest BCUT2D eigenvalue weighted by atomic mass is 28.4. The van der Waals surface area contributed by atoms with Crippen molar-refractivity contribution in [3.8, 4) is 0 Å². The highest BCUT2D eigenvalue weighted by Crippen LogP contribution is 2.67. The summed E-state index contributed by atoms with van der Waals surface area (Å²) in [5.74, 6) is 2.37. The molecule has 5 aliphatic rings. The van der Waals surface area contributed by atoms with Crippen LogP contribution in [0.15, 0.2) is 30.3 Å². The van der Waals surface area contributed by atoms with Crippen LogP contribution in [-0.4, -0.2) is 39.2 Å². The van der Waals surface area contributed by atoms with Crippen molar-refractivity contribution in [1.29, 1.82) is 0 Å². The quantitative estimate of drug-likeness (QED) is 0.538. The van der Waals surface area contributed by atoms with Crippen molar-refractivity contribution in [2.45, 2.75) is 90.2 Å². The molecule has 1 aromatic carbocycles. The van der Waals surface area contributed by atoms with Crippen LogP contribution in [0, 0.1) is 34.5 Å². The van der Waals surface area contributed by atoms with Crippen molar-refractivity contribution in [3.05, 3.63) is 30.3 Å². The fourth-order valence-electron chi connectivity index (χ4n) is 9.15. The molecule has 1 aromatic rings. The molecule has 186 valence electrons. The number of ether oxygens (including phenoxy) is 2. The van der Waals surface area contributed by atoms with Gasteiger partial charge < -0.3 is 13.9 Å². The molecule has 0 N–H and O–H groups in total. The lowest BCUT2D eigenvalue weighted by molar-refractivity contribution is -0.245. The average molecular weight is 483 g/mol. The third kappa shape index (κ3) is 3.44. The number of hydrogen-bond acceptors (Lipinski definition) is 4. The Morgan fingerprint density at radius 3 is 2.41 bits per heavy atom. The van der Waals surface area contributed by atoms with Crippen molar-refractivity contribution in [3.63, 3.8) is 0 Å². The van der Waals surface area contributed by atoms with Crippen LogP contribution < -0.4 is 5.19 Å². The maximum absolute atomic E-state index is 13.0. The predicted molar refractivity (Wildman–Crippen MR) is 135 cm³/mol. The van der Waals surface area contributed by atoms with Crippen molar-refractivity contribution in [2.24, 2.45) is 34.5 Å². The number of ketones is 1. The number of fused-ring (bicyclic) bond motifs is 5. The van der Waals surface area contributed by atoms with Crippen LogP contribution in [0.1, 0.15) is 65.2 Å². The van der Waals surface area contributed by atoms with Crippen LogP contribution >= 0.6 is 0 Å². The number of benzene rings is 1. The van der Waals surface area contributed by atoms with E-state index in [0.29, 0.717) is 42.7 Å². The summed E-state index contributed by atoms with van der Waals surface area (Å²) in [7, 11) is -2.10. The number of carbonyl (C=O) groups excluding carboxylic acids is 1. The SMILES string of the molecule is C[C@]12CCC3(C[C@H]1[C@H](O[Si](C)(C)c1ccccc1)C[C@@H]1[C@@H]2CC[C@@]2(C)C(=O)CC[C@@H]12)OCCO3. The highest BCUT2D eigenvalue weighted by Gasteiger charge is 2.64. The molecule has 4 nitrogen and oxygen atoms in total. The Bertz CT molecular complexity index is 941. The Morgan fingerprint density at radius 2 is 1.68 bits per heavy atom. The summed E-state index contributed by atoms with van der Waals surface area (Å²) in [6, 6.07) is 10.9. The van der Waals surface area contributed by atoms with Crippen molar-refractivity contribution >= 4 is 19.3 Å². The lowest BCUT2D eigenvalue weighted by Crippen LogP contribution is -2.62. The largest absolute Gasteiger partial charge is 0.410 e. The van der Waals surface area contributed by atoms with E-state index in [0.717, 1.165) is 44.9 Å². The van der Waals surface area contributed by atoms with E-state index in [1.54, 1.807) is 0 Å². The van der Waals surface area contributed by atoms with E-state index >= 15 is 0 Å². The van der Waals surface area contributed by atoms with Gasteiger partial charge in [0.05, 0.1) is 13.2 Å². The van der Waals surface area contributed by atoms with Gasteiger partial charge in [0.15, 0.2) is 5.79 Å². The topological polar surface area (TPSA) is 44.8 Å². The van der Waals surface area contributed by atoms with Gasteiger partial charge in [0, 0.05) is 30.8 Å². The number of Topliss-reactive ketones (excluding diaryl/α,β-unsaturated/α-hetero) is 1. The molecular weight excluding hydrogens is 440 g/mol. The minimum absolute atomic E-state index is 0.102. The Balaban J connectivity index is 1.37.